The molecule has 0 aliphatic rings. The van der Waals surface area contributed by atoms with E-state index in [0.717, 1.165) is 21.7 Å². The van der Waals surface area contributed by atoms with Crippen LogP contribution in [0.5, 0.6) is 0 Å². The second kappa shape index (κ2) is 14.0. The van der Waals surface area contributed by atoms with Crippen molar-refractivity contribution in [3.8, 4) is 0 Å². The summed E-state index contributed by atoms with van der Waals surface area (Å²) in [7, 11) is -3.82. The molecule has 2 amide bonds. The van der Waals surface area contributed by atoms with Gasteiger partial charge >= 0.3 is 0 Å². The maximum absolute atomic E-state index is 14.0. The van der Waals surface area contributed by atoms with Gasteiger partial charge in [-0.05, 0) is 47.4 Å². The van der Waals surface area contributed by atoms with Crippen molar-refractivity contribution >= 4 is 55.1 Å². The van der Waals surface area contributed by atoms with Crippen molar-refractivity contribution < 1.29 is 18.0 Å². The number of halogens is 2. The van der Waals surface area contributed by atoms with Crippen molar-refractivity contribution in [1.29, 1.82) is 0 Å². The fourth-order valence-corrected chi connectivity index (χ4v) is 5.36. The van der Waals surface area contributed by atoms with Crippen molar-refractivity contribution in [3.05, 3.63) is 99.5 Å². The number of nitrogens with one attached hydrogen (secondary N) is 1. The van der Waals surface area contributed by atoms with Crippen LogP contribution in [0.3, 0.4) is 0 Å². The largest absolute Gasteiger partial charge is 0.354 e. The number of carbonyl (C=O) groups excluding carboxylic acids is 2. The van der Waals surface area contributed by atoms with Gasteiger partial charge in [-0.1, -0.05) is 89.9 Å². The molecular formula is C29H33BrClN3O4S. The molecule has 10 heteroatoms. The van der Waals surface area contributed by atoms with Gasteiger partial charge in [0.2, 0.25) is 21.8 Å². The molecule has 0 radical (unpaired) electrons. The molecule has 39 heavy (non-hydrogen) atoms. The molecular weight excluding hydrogens is 602 g/mol. The standard InChI is InChI=1S/C29H33BrClN3O4S/c1-21(2)18-32-29(36)27(16-22-8-5-4-6-9-22)33(19-23-12-14-25(31)15-13-23)28(35)20-34(39(3,37)38)26-11-7-10-24(30)17-26/h4-15,17,21,27H,16,18-20H2,1-3H3,(H,32,36). The molecule has 0 aliphatic heterocycles. The first kappa shape index (κ1) is 30.7. The number of benzene rings is 3. The van der Waals surface area contributed by atoms with E-state index < -0.39 is 28.5 Å². The number of hydrogen-bond acceptors (Lipinski definition) is 4. The first-order valence-electron chi connectivity index (χ1n) is 12.5. The van der Waals surface area contributed by atoms with Gasteiger partial charge in [0, 0.05) is 29.0 Å². The molecule has 0 saturated heterocycles. The minimum Gasteiger partial charge on any atom is -0.354 e. The van der Waals surface area contributed by atoms with Crippen LogP contribution >= 0.6 is 27.5 Å². The maximum Gasteiger partial charge on any atom is 0.244 e. The number of anilines is 1. The highest BCUT2D eigenvalue weighted by Gasteiger charge is 2.33. The Morgan fingerprint density at radius 1 is 0.949 bits per heavy atom. The molecule has 0 aliphatic carbocycles. The summed E-state index contributed by atoms with van der Waals surface area (Å²) in [6.07, 6.45) is 1.32. The minimum atomic E-state index is -3.82. The zero-order chi connectivity index (χ0) is 28.6. The van der Waals surface area contributed by atoms with Gasteiger partial charge in [-0.15, -0.1) is 0 Å². The number of nitrogens with zero attached hydrogens (tertiary/aromatic N) is 2. The van der Waals surface area contributed by atoms with Gasteiger partial charge in [0.25, 0.3) is 0 Å². The Bertz CT molecular complexity index is 1370. The second-order valence-electron chi connectivity index (χ2n) is 9.74. The summed E-state index contributed by atoms with van der Waals surface area (Å²) < 4.78 is 27.4. The Kier molecular flexibility index (Phi) is 11.0. The fraction of sp³-hybridized carbons (Fsp3) is 0.310. The van der Waals surface area contributed by atoms with E-state index in [-0.39, 0.29) is 24.8 Å². The number of rotatable bonds is 12. The lowest BCUT2D eigenvalue weighted by Crippen LogP contribution is -2.53. The first-order chi connectivity index (χ1) is 18.4. The van der Waals surface area contributed by atoms with Crippen molar-refractivity contribution in [3.63, 3.8) is 0 Å². The van der Waals surface area contributed by atoms with Gasteiger partial charge in [0.05, 0.1) is 11.9 Å². The first-order valence-corrected chi connectivity index (χ1v) is 15.5. The summed E-state index contributed by atoms with van der Waals surface area (Å²) in [4.78, 5) is 29.0. The third-order valence-corrected chi connectivity index (χ3v) is 7.88. The highest BCUT2D eigenvalue weighted by Crippen LogP contribution is 2.24. The number of carbonyl (C=O) groups is 2. The van der Waals surface area contributed by atoms with E-state index in [1.165, 1.54) is 4.90 Å². The molecule has 3 rings (SSSR count). The van der Waals surface area contributed by atoms with Crippen LogP contribution in [0.1, 0.15) is 25.0 Å². The lowest BCUT2D eigenvalue weighted by atomic mass is 10.0. The van der Waals surface area contributed by atoms with E-state index in [1.54, 1.807) is 48.5 Å². The SMILES string of the molecule is CC(C)CNC(=O)C(Cc1ccccc1)N(Cc1ccc(Cl)cc1)C(=O)CN(c1cccc(Br)c1)S(C)(=O)=O. The van der Waals surface area contributed by atoms with Crippen LogP contribution in [0.4, 0.5) is 5.69 Å². The zero-order valence-corrected chi connectivity index (χ0v) is 25.3. The van der Waals surface area contributed by atoms with Gasteiger partial charge in [0.15, 0.2) is 0 Å². The van der Waals surface area contributed by atoms with Gasteiger partial charge in [-0.3, -0.25) is 13.9 Å². The van der Waals surface area contributed by atoms with E-state index in [1.807, 2.05) is 44.2 Å². The Morgan fingerprint density at radius 3 is 2.21 bits per heavy atom. The van der Waals surface area contributed by atoms with Gasteiger partial charge in [-0.25, -0.2) is 8.42 Å². The molecule has 7 nitrogen and oxygen atoms in total. The molecule has 3 aromatic carbocycles. The summed E-state index contributed by atoms with van der Waals surface area (Å²) in [6.45, 7) is 4.06. The van der Waals surface area contributed by atoms with E-state index in [9.17, 15) is 18.0 Å². The summed E-state index contributed by atoms with van der Waals surface area (Å²) in [5.74, 6) is -0.594. The summed E-state index contributed by atoms with van der Waals surface area (Å²) in [5.41, 5.74) is 1.98. The lowest BCUT2D eigenvalue weighted by molar-refractivity contribution is -0.140. The molecule has 0 saturated carbocycles. The van der Waals surface area contributed by atoms with Gasteiger partial charge < -0.3 is 10.2 Å². The van der Waals surface area contributed by atoms with Crippen molar-refractivity contribution in [1.82, 2.24) is 10.2 Å². The van der Waals surface area contributed by atoms with Crippen LogP contribution in [0.2, 0.25) is 5.02 Å². The molecule has 208 valence electrons. The Labute approximate surface area is 244 Å². The number of sulfonamides is 1. The molecule has 1 N–H and O–H groups in total. The van der Waals surface area contributed by atoms with Crippen LogP contribution < -0.4 is 9.62 Å². The average Bonchev–Trinajstić information content (AvgIpc) is 2.88. The quantitative estimate of drug-likeness (QED) is 0.294. The Hall–Kier alpha value is -2.88. The van der Waals surface area contributed by atoms with E-state index in [0.29, 0.717) is 21.7 Å². The average molecular weight is 635 g/mol. The smallest absolute Gasteiger partial charge is 0.244 e. The topological polar surface area (TPSA) is 86.8 Å². The molecule has 1 unspecified atom stereocenters. The third-order valence-electron chi connectivity index (χ3n) is 6.00. The van der Waals surface area contributed by atoms with Crippen LogP contribution in [0.15, 0.2) is 83.3 Å². The summed E-state index contributed by atoms with van der Waals surface area (Å²) in [5, 5.41) is 3.51. The fourth-order valence-electron chi connectivity index (χ4n) is 4.01. The third kappa shape index (κ3) is 9.37. The van der Waals surface area contributed by atoms with Crippen LogP contribution in [-0.4, -0.2) is 50.5 Å². The molecule has 0 bridgehead atoms. The predicted molar refractivity (Wildman–Crippen MR) is 160 cm³/mol. The lowest BCUT2D eigenvalue weighted by Gasteiger charge is -2.33. The Morgan fingerprint density at radius 2 is 1.62 bits per heavy atom. The minimum absolute atomic E-state index is 0.0959. The molecule has 1 atom stereocenters. The van der Waals surface area contributed by atoms with Crippen molar-refractivity contribution in [2.24, 2.45) is 5.92 Å². The predicted octanol–water partition coefficient (Wildman–Crippen LogP) is 5.28. The van der Waals surface area contributed by atoms with Crippen LogP contribution in [0, 0.1) is 5.92 Å². The van der Waals surface area contributed by atoms with E-state index >= 15 is 0 Å². The molecule has 3 aromatic rings. The van der Waals surface area contributed by atoms with Gasteiger partial charge in [-0.2, -0.15) is 0 Å². The summed E-state index contributed by atoms with van der Waals surface area (Å²) in [6, 6.07) is 22.3. The van der Waals surface area contributed by atoms with Gasteiger partial charge in [0.1, 0.15) is 12.6 Å². The second-order valence-corrected chi connectivity index (χ2v) is 13.0. The van der Waals surface area contributed by atoms with Crippen molar-refractivity contribution in [2.75, 3.05) is 23.7 Å². The van der Waals surface area contributed by atoms with Crippen LogP contribution in [-0.2, 0) is 32.6 Å². The van der Waals surface area contributed by atoms with E-state index in [2.05, 4.69) is 21.2 Å². The number of amides is 2. The highest BCUT2D eigenvalue weighted by molar-refractivity contribution is 9.10. The van der Waals surface area contributed by atoms with Crippen molar-refractivity contribution in [2.45, 2.75) is 32.9 Å². The zero-order valence-electron chi connectivity index (χ0n) is 22.2. The summed E-state index contributed by atoms with van der Waals surface area (Å²) >= 11 is 9.45. The maximum atomic E-state index is 14.0. The van der Waals surface area contributed by atoms with Crippen LogP contribution in [0.25, 0.3) is 0 Å². The molecule has 0 aromatic heterocycles. The number of hydrogen-bond donors (Lipinski definition) is 1. The highest BCUT2D eigenvalue weighted by atomic mass is 79.9. The molecule has 0 heterocycles. The monoisotopic (exact) mass is 633 g/mol. The molecule has 0 fully saturated rings. The van der Waals surface area contributed by atoms with E-state index in [4.69, 9.17) is 11.6 Å². The molecule has 0 spiro atoms. The Balaban J connectivity index is 2.04. The normalized spacial score (nSPS) is 12.2.